The van der Waals surface area contributed by atoms with Crippen LogP contribution < -0.4 is 11.5 Å². The van der Waals surface area contributed by atoms with Gasteiger partial charge < -0.3 is 16.6 Å². The fourth-order valence-electron chi connectivity index (χ4n) is 0.656. The van der Waals surface area contributed by atoms with Crippen molar-refractivity contribution in [3.05, 3.63) is 11.6 Å². The molecule has 5 N–H and O–H groups in total. The molecule has 0 aliphatic heterocycles. The maximum atomic E-state index is 12.2. The van der Waals surface area contributed by atoms with Crippen LogP contribution in [0.3, 0.4) is 0 Å². The first-order valence-corrected chi connectivity index (χ1v) is 3.43. The minimum absolute atomic E-state index is 0.173. The Labute approximate surface area is 70.0 Å². The summed E-state index contributed by atoms with van der Waals surface area (Å²) in [5.41, 5.74) is 9.03. The zero-order valence-corrected chi connectivity index (χ0v) is 6.88. The molecule has 0 fully saturated rings. The van der Waals surface area contributed by atoms with Crippen LogP contribution in [0.15, 0.2) is 11.6 Å². The van der Waals surface area contributed by atoms with Crippen LogP contribution in [0.4, 0.5) is 4.39 Å². The van der Waals surface area contributed by atoms with Crippen molar-refractivity contribution in [2.75, 3.05) is 13.2 Å². The van der Waals surface area contributed by atoms with Crippen molar-refractivity contribution in [3.63, 3.8) is 0 Å². The Morgan fingerprint density at radius 2 is 2.25 bits per heavy atom. The van der Waals surface area contributed by atoms with Crippen LogP contribution in [0.25, 0.3) is 0 Å². The highest BCUT2D eigenvalue weighted by molar-refractivity contribution is 5.81. The lowest BCUT2D eigenvalue weighted by Gasteiger charge is -2.17. The molecular formula is C7H13FN2O2. The molecule has 0 aromatic heterocycles. The first kappa shape index (κ1) is 11.1. The highest BCUT2D eigenvalue weighted by atomic mass is 19.1. The van der Waals surface area contributed by atoms with E-state index in [-0.39, 0.29) is 6.54 Å². The van der Waals surface area contributed by atoms with Gasteiger partial charge in [-0.05, 0) is 6.92 Å². The van der Waals surface area contributed by atoms with E-state index in [1.165, 1.54) is 0 Å². The van der Waals surface area contributed by atoms with E-state index in [9.17, 15) is 9.18 Å². The lowest BCUT2D eigenvalue weighted by Crippen LogP contribution is -2.48. The van der Waals surface area contributed by atoms with Gasteiger partial charge in [-0.2, -0.15) is 0 Å². The second-order valence-corrected chi connectivity index (χ2v) is 2.67. The Kier molecular flexibility index (Phi) is 3.85. The lowest BCUT2D eigenvalue weighted by molar-refractivity contribution is -0.141. The van der Waals surface area contributed by atoms with E-state index < -0.39 is 18.2 Å². The molecule has 5 heteroatoms. The summed E-state index contributed by atoms with van der Waals surface area (Å²) in [5, 5.41) is 8.53. The Balaban J connectivity index is 4.66. The van der Waals surface area contributed by atoms with E-state index in [0.29, 0.717) is 5.57 Å². The zero-order chi connectivity index (χ0) is 9.78. The third kappa shape index (κ3) is 2.60. The fourth-order valence-corrected chi connectivity index (χ4v) is 0.656. The molecule has 1 unspecified atom stereocenters. The summed E-state index contributed by atoms with van der Waals surface area (Å²) in [4.78, 5) is 10.5. The van der Waals surface area contributed by atoms with Gasteiger partial charge in [0.1, 0.15) is 6.67 Å². The van der Waals surface area contributed by atoms with Gasteiger partial charge in [-0.15, -0.1) is 0 Å². The van der Waals surface area contributed by atoms with Crippen LogP contribution in [0.5, 0.6) is 0 Å². The van der Waals surface area contributed by atoms with Gasteiger partial charge in [0, 0.05) is 6.54 Å². The Hall–Kier alpha value is -0.940. The maximum Gasteiger partial charge on any atom is 0.330 e. The standard InChI is InChI=1S/C7H13FN2O2/c1-5(3-9)2-7(10,4-8)6(11)12/h2H,3-4,9-10H2,1H3,(H,11,12)/b5-2+. The summed E-state index contributed by atoms with van der Waals surface area (Å²) in [7, 11) is 0. The molecule has 0 aliphatic carbocycles. The second-order valence-electron chi connectivity index (χ2n) is 2.67. The molecule has 1 atom stereocenters. The minimum atomic E-state index is -1.93. The average Bonchev–Trinajstić information content (AvgIpc) is 2.03. The molecule has 70 valence electrons. The van der Waals surface area contributed by atoms with E-state index in [1.54, 1.807) is 6.92 Å². The van der Waals surface area contributed by atoms with Crippen LogP contribution in [0.1, 0.15) is 6.92 Å². The number of carboxylic acid groups (broad SMARTS) is 1. The monoisotopic (exact) mass is 176 g/mol. The molecule has 0 rings (SSSR count). The first-order valence-electron chi connectivity index (χ1n) is 3.43. The highest BCUT2D eigenvalue weighted by Crippen LogP contribution is 2.07. The number of rotatable bonds is 4. The molecule has 0 aliphatic rings. The summed E-state index contributed by atoms with van der Waals surface area (Å²) < 4.78 is 12.2. The number of halogens is 1. The van der Waals surface area contributed by atoms with E-state index >= 15 is 0 Å². The van der Waals surface area contributed by atoms with Crippen molar-refractivity contribution < 1.29 is 14.3 Å². The zero-order valence-electron chi connectivity index (χ0n) is 6.88. The fraction of sp³-hybridized carbons (Fsp3) is 0.571. The lowest BCUT2D eigenvalue weighted by atomic mass is 10.00. The second kappa shape index (κ2) is 4.18. The number of nitrogens with two attached hydrogens (primary N) is 2. The molecule has 12 heavy (non-hydrogen) atoms. The van der Waals surface area contributed by atoms with E-state index in [4.69, 9.17) is 16.6 Å². The van der Waals surface area contributed by atoms with Crippen LogP contribution in [-0.4, -0.2) is 29.8 Å². The molecule has 0 heterocycles. The largest absolute Gasteiger partial charge is 0.480 e. The van der Waals surface area contributed by atoms with Crippen molar-refractivity contribution in [2.24, 2.45) is 11.5 Å². The van der Waals surface area contributed by atoms with Gasteiger partial charge in [-0.25, -0.2) is 9.18 Å². The molecule has 0 spiro atoms. The average molecular weight is 176 g/mol. The summed E-state index contributed by atoms with van der Waals surface area (Å²) in [5.74, 6) is -1.39. The van der Waals surface area contributed by atoms with E-state index in [1.807, 2.05) is 0 Å². The number of hydrogen-bond donors (Lipinski definition) is 3. The topological polar surface area (TPSA) is 89.3 Å². The smallest absolute Gasteiger partial charge is 0.330 e. The van der Waals surface area contributed by atoms with Crippen LogP contribution in [0, 0.1) is 0 Å². The quantitative estimate of drug-likeness (QED) is 0.510. The Morgan fingerprint density at radius 3 is 2.50 bits per heavy atom. The van der Waals surface area contributed by atoms with Crippen molar-refractivity contribution in [1.82, 2.24) is 0 Å². The molecule has 0 bridgehead atoms. The number of alkyl halides is 1. The van der Waals surface area contributed by atoms with Crippen LogP contribution in [-0.2, 0) is 4.79 Å². The van der Waals surface area contributed by atoms with Crippen molar-refractivity contribution in [1.29, 1.82) is 0 Å². The summed E-state index contributed by atoms with van der Waals surface area (Å²) in [6, 6.07) is 0. The van der Waals surface area contributed by atoms with Gasteiger partial charge >= 0.3 is 5.97 Å². The normalized spacial score (nSPS) is 17.2. The first-order chi connectivity index (χ1) is 5.46. The minimum Gasteiger partial charge on any atom is -0.480 e. The number of carboxylic acids is 1. The van der Waals surface area contributed by atoms with Gasteiger partial charge in [0.15, 0.2) is 5.54 Å². The van der Waals surface area contributed by atoms with E-state index in [0.717, 1.165) is 6.08 Å². The molecular weight excluding hydrogens is 163 g/mol. The molecule has 0 amide bonds. The van der Waals surface area contributed by atoms with Gasteiger partial charge in [0.05, 0.1) is 0 Å². The molecule has 4 nitrogen and oxygen atoms in total. The molecule has 0 radical (unpaired) electrons. The van der Waals surface area contributed by atoms with Gasteiger partial charge in [0.2, 0.25) is 0 Å². The van der Waals surface area contributed by atoms with Gasteiger partial charge in [-0.1, -0.05) is 11.6 Å². The molecule has 0 saturated carbocycles. The molecule has 0 aromatic rings. The summed E-state index contributed by atoms with van der Waals surface area (Å²) >= 11 is 0. The number of hydrogen-bond acceptors (Lipinski definition) is 3. The predicted molar refractivity (Wildman–Crippen MR) is 43.3 cm³/mol. The third-order valence-electron chi connectivity index (χ3n) is 1.45. The Morgan fingerprint density at radius 1 is 1.75 bits per heavy atom. The molecule has 0 saturated heterocycles. The summed E-state index contributed by atoms with van der Waals surface area (Å²) in [6.07, 6.45) is 1.13. The summed E-state index contributed by atoms with van der Waals surface area (Å²) in [6.45, 7) is 0.631. The number of carbonyl (C=O) groups is 1. The van der Waals surface area contributed by atoms with Crippen LogP contribution in [0.2, 0.25) is 0 Å². The van der Waals surface area contributed by atoms with Crippen molar-refractivity contribution >= 4 is 5.97 Å². The molecule has 0 aromatic carbocycles. The number of aliphatic carboxylic acids is 1. The SMILES string of the molecule is C/C(=C\C(N)(CF)C(=O)O)CN. The van der Waals surface area contributed by atoms with Crippen LogP contribution >= 0.6 is 0 Å². The van der Waals surface area contributed by atoms with Gasteiger partial charge in [-0.3, -0.25) is 0 Å². The van der Waals surface area contributed by atoms with Crippen molar-refractivity contribution in [2.45, 2.75) is 12.5 Å². The maximum absolute atomic E-state index is 12.2. The highest BCUT2D eigenvalue weighted by Gasteiger charge is 2.31. The predicted octanol–water partition coefficient (Wildman–Crippen LogP) is -0.357. The van der Waals surface area contributed by atoms with Crippen molar-refractivity contribution in [3.8, 4) is 0 Å². The third-order valence-corrected chi connectivity index (χ3v) is 1.45. The van der Waals surface area contributed by atoms with Gasteiger partial charge in [0.25, 0.3) is 0 Å². The Bertz CT molecular complexity index is 206. The van der Waals surface area contributed by atoms with E-state index in [2.05, 4.69) is 0 Å².